The van der Waals surface area contributed by atoms with Gasteiger partial charge in [-0.25, -0.2) is 0 Å². The molecule has 1 aromatic rings. The molecule has 0 unspecified atom stereocenters. The lowest BCUT2D eigenvalue weighted by Gasteiger charge is -1.88. The fraction of sp³-hybridized carbons (Fsp3) is 0.333. The summed E-state index contributed by atoms with van der Waals surface area (Å²) in [5.41, 5.74) is 0. The predicted octanol–water partition coefficient (Wildman–Crippen LogP) is 1.60. The van der Waals surface area contributed by atoms with Crippen LogP contribution in [0.25, 0.3) is 0 Å². The van der Waals surface area contributed by atoms with Crippen LogP contribution in [0, 0.1) is 0 Å². The first-order valence-electron chi connectivity index (χ1n) is 3.75. The zero-order chi connectivity index (χ0) is 7.94. The third-order valence-electron chi connectivity index (χ3n) is 1.39. The monoisotopic (exact) mass is 151 g/mol. The third-order valence-corrected chi connectivity index (χ3v) is 1.39. The Balaban J connectivity index is 2.23. The van der Waals surface area contributed by atoms with Crippen molar-refractivity contribution in [3.63, 3.8) is 0 Å². The van der Waals surface area contributed by atoms with Crippen molar-refractivity contribution in [1.29, 1.82) is 0 Å². The van der Waals surface area contributed by atoms with Gasteiger partial charge >= 0.3 is 0 Å². The standard InChI is InChI=1S/C9H13NO/c1-10-7-3-2-5-9-6-4-8-11-9/h2-4,6,8,10H,5,7H2,1H3/b3-2-. The van der Waals surface area contributed by atoms with E-state index in [9.17, 15) is 0 Å². The minimum atomic E-state index is 0.884. The number of furan rings is 1. The Morgan fingerprint density at radius 1 is 1.55 bits per heavy atom. The molecule has 0 aliphatic carbocycles. The molecular weight excluding hydrogens is 138 g/mol. The van der Waals surface area contributed by atoms with Crippen LogP contribution in [0.1, 0.15) is 5.76 Å². The van der Waals surface area contributed by atoms with Crippen LogP contribution in [0.4, 0.5) is 0 Å². The summed E-state index contributed by atoms with van der Waals surface area (Å²) in [6.45, 7) is 0.917. The zero-order valence-electron chi connectivity index (χ0n) is 6.71. The zero-order valence-corrected chi connectivity index (χ0v) is 6.71. The number of hydrogen-bond donors (Lipinski definition) is 1. The molecule has 11 heavy (non-hydrogen) atoms. The number of likely N-dealkylation sites (N-methyl/N-ethyl adjacent to an activating group) is 1. The van der Waals surface area contributed by atoms with E-state index < -0.39 is 0 Å². The van der Waals surface area contributed by atoms with Gasteiger partial charge in [0, 0.05) is 13.0 Å². The van der Waals surface area contributed by atoms with Gasteiger partial charge in [-0.15, -0.1) is 0 Å². The molecule has 0 amide bonds. The second-order valence-corrected chi connectivity index (χ2v) is 2.31. The summed E-state index contributed by atoms with van der Waals surface area (Å²) >= 11 is 0. The highest BCUT2D eigenvalue weighted by molar-refractivity contribution is 5.03. The maximum absolute atomic E-state index is 5.14. The Morgan fingerprint density at radius 2 is 2.45 bits per heavy atom. The van der Waals surface area contributed by atoms with Crippen LogP contribution >= 0.6 is 0 Å². The SMILES string of the molecule is CNC/C=C\Cc1ccco1. The van der Waals surface area contributed by atoms with Crippen molar-refractivity contribution in [3.8, 4) is 0 Å². The molecule has 2 heteroatoms. The third kappa shape index (κ3) is 3.05. The lowest BCUT2D eigenvalue weighted by molar-refractivity contribution is 0.523. The van der Waals surface area contributed by atoms with Gasteiger partial charge in [-0.05, 0) is 19.2 Å². The summed E-state index contributed by atoms with van der Waals surface area (Å²) in [7, 11) is 1.93. The fourth-order valence-corrected chi connectivity index (χ4v) is 0.829. The van der Waals surface area contributed by atoms with E-state index in [0.29, 0.717) is 0 Å². The number of rotatable bonds is 4. The largest absolute Gasteiger partial charge is 0.469 e. The molecule has 0 bridgehead atoms. The minimum Gasteiger partial charge on any atom is -0.469 e. The average molecular weight is 151 g/mol. The van der Waals surface area contributed by atoms with Crippen LogP contribution in [0.5, 0.6) is 0 Å². The van der Waals surface area contributed by atoms with E-state index in [4.69, 9.17) is 4.42 Å². The molecule has 1 rings (SSSR count). The van der Waals surface area contributed by atoms with Gasteiger partial charge in [-0.1, -0.05) is 12.2 Å². The molecule has 0 saturated heterocycles. The lowest BCUT2D eigenvalue weighted by atomic mass is 10.3. The van der Waals surface area contributed by atoms with Crippen molar-refractivity contribution in [2.75, 3.05) is 13.6 Å². The molecule has 0 aliphatic rings. The summed E-state index contributed by atoms with van der Waals surface area (Å²) in [5.74, 6) is 1.01. The molecule has 0 saturated carbocycles. The fourth-order valence-electron chi connectivity index (χ4n) is 0.829. The Hall–Kier alpha value is -1.02. The summed E-state index contributed by atoms with van der Waals surface area (Å²) in [4.78, 5) is 0. The predicted molar refractivity (Wildman–Crippen MR) is 45.5 cm³/mol. The smallest absolute Gasteiger partial charge is 0.107 e. The van der Waals surface area contributed by atoms with Crippen molar-refractivity contribution >= 4 is 0 Å². The van der Waals surface area contributed by atoms with Crippen molar-refractivity contribution in [1.82, 2.24) is 5.32 Å². The van der Waals surface area contributed by atoms with Gasteiger partial charge in [0.05, 0.1) is 6.26 Å². The molecular formula is C9H13NO. The van der Waals surface area contributed by atoms with Gasteiger partial charge in [0.2, 0.25) is 0 Å². The van der Waals surface area contributed by atoms with Gasteiger partial charge in [0.15, 0.2) is 0 Å². The molecule has 0 fully saturated rings. The summed E-state index contributed by atoms with van der Waals surface area (Å²) in [6, 6.07) is 3.88. The highest BCUT2D eigenvalue weighted by Crippen LogP contribution is 2.00. The van der Waals surface area contributed by atoms with E-state index in [1.54, 1.807) is 6.26 Å². The van der Waals surface area contributed by atoms with E-state index in [1.165, 1.54) is 0 Å². The first-order valence-corrected chi connectivity index (χ1v) is 3.75. The molecule has 0 radical (unpaired) electrons. The van der Waals surface area contributed by atoms with Crippen molar-refractivity contribution < 1.29 is 4.42 Å². The maximum atomic E-state index is 5.14. The topological polar surface area (TPSA) is 25.2 Å². The highest BCUT2D eigenvalue weighted by atomic mass is 16.3. The number of hydrogen-bond acceptors (Lipinski definition) is 2. The molecule has 2 nitrogen and oxygen atoms in total. The van der Waals surface area contributed by atoms with E-state index >= 15 is 0 Å². The van der Waals surface area contributed by atoms with E-state index in [1.807, 2.05) is 19.2 Å². The van der Waals surface area contributed by atoms with Gasteiger partial charge in [-0.3, -0.25) is 0 Å². The van der Waals surface area contributed by atoms with Crippen LogP contribution in [-0.4, -0.2) is 13.6 Å². The molecule has 1 heterocycles. The summed E-state index contributed by atoms with van der Waals surface area (Å²) in [5, 5.41) is 3.03. The molecule has 0 aliphatic heterocycles. The maximum Gasteiger partial charge on any atom is 0.107 e. The average Bonchev–Trinajstić information content (AvgIpc) is 2.50. The highest BCUT2D eigenvalue weighted by Gasteiger charge is 1.88. The molecule has 0 atom stereocenters. The Bertz CT molecular complexity index is 201. The first kappa shape index (κ1) is 8.08. The van der Waals surface area contributed by atoms with Crippen LogP contribution in [0.2, 0.25) is 0 Å². The van der Waals surface area contributed by atoms with Gasteiger partial charge in [0.25, 0.3) is 0 Å². The molecule has 60 valence electrons. The normalized spacial score (nSPS) is 11.0. The second kappa shape index (κ2) is 4.74. The van der Waals surface area contributed by atoms with E-state index in [-0.39, 0.29) is 0 Å². The second-order valence-electron chi connectivity index (χ2n) is 2.31. The Labute approximate surface area is 66.9 Å². The molecule has 1 aromatic heterocycles. The summed E-state index contributed by atoms with van der Waals surface area (Å²) < 4.78 is 5.14. The lowest BCUT2D eigenvalue weighted by Crippen LogP contribution is -2.03. The quantitative estimate of drug-likeness (QED) is 0.661. The summed E-state index contributed by atoms with van der Waals surface area (Å²) in [6.07, 6.45) is 6.76. The van der Waals surface area contributed by atoms with Crippen LogP contribution < -0.4 is 5.32 Å². The Kier molecular flexibility index (Phi) is 3.48. The molecule has 1 N–H and O–H groups in total. The van der Waals surface area contributed by atoms with Gasteiger partial charge < -0.3 is 9.73 Å². The minimum absolute atomic E-state index is 0.884. The first-order chi connectivity index (χ1) is 5.43. The van der Waals surface area contributed by atoms with Crippen LogP contribution in [0.15, 0.2) is 35.0 Å². The van der Waals surface area contributed by atoms with Crippen molar-refractivity contribution in [3.05, 3.63) is 36.3 Å². The van der Waals surface area contributed by atoms with Gasteiger partial charge in [0.1, 0.15) is 5.76 Å². The number of allylic oxidation sites excluding steroid dienone is 1. The van der Waals surface area contributed by atoms with E-state index in [0.717, 1.165) is 18.7 Å². The molecule has 0 spiro atoms. The van der Waals surface area contributed by atoms with Crippen LogP contribution in [0.3, 0.4) is 0 Å². The Morgan fingerprint density at radius 3 is 3.09 bits per heavy atom. The molecule has 0 aromatic carbocycles. The van der Waals surface area contributed by atoms with Crippen molar-refractivity contribution in [2.24, 2.45) is 0 Å². The van der Waals surface area contributed by atoms with Crippen LogP contribution in [-0.2, 0) is 6.42 Å². The van der Waals surface area contributed by atoms with E-state index in [2.05, 4.69) is 17.5 Å². The van der Waals surface area contributed by atoms with Crippen molar-refractivity contribution in [2.45, 2.75) is 6.42 Å². The van der Waals surface area contributed by atoms with Gasteiger partial charge in [-0.2, -0.15) is 0 Å². The number of nitrogens with one attached hydrogen (secondary N) is 1.